The van der Waals surface area contributed by atoms with E-state index in [0.29, 0.717) is 0 Å². The fourth-order valence-electron chi connectivity index (χ4n) is 3.39. The first-order chi connectivity index (χ1) is 11.8. The number of nitrogens with zero attached hydrogens (tertiary/aromatic N) is 3. The molecule has 2 atom stereocenters. The minimum Gasteiger partial charge on any atom is -0.377 e. The number of hydrogen-bond donors (Lipinski definition) is 1. The number of aromatic nitrogens is 3. The normalized spacial score (nSPS) is 20.8. The molecule has 124 valence electrons. The summed E-state index contributed by atoms with van der Waals surface area (Å²) in [5, 5.41) is 8.03. The number of hydrogen-bond acceptors (Lipinski definition) is 5. The van der Waals surface area contributed by atoms with Gasteiger partial charge in [-0.1, -0.05) is 6.07 Å². The maximum atomic E-state index is 5.57. The van der Waals surface area contributed by atoms with Gasteiger partial charge in [0.25, 0.3) is 0 Å². The van der Waals surface area contributed by atoms with Crippen molar-refractivity contribution in [3.63, 3.8) is 0 Å². The lowest BCUT2D eigenvalue weighted by Gasteiger charge is -2.20. The smallest absolute Gasteiger partial charge is 0.102 e. The van der Waals surface area contributed by atoms with Gasteiger partial charge in [-0.05, 0) is 23.8 Å². The second-order valence-corrected chi connectivity index (χ2v) is 6.00. The van der Waals surface area contributed by atoms with Crippen molar-refractivity contribution in [3.05, 3.63) is 42.9 Å². The Hall–Kier alpha value is -2.44. The number of H-pyrrole nitrogens is 1. The van der Waals surface area contributed by atoms with Crippen LogP contribution in [0.3, 0.4) is 0 Å². The Kier molecular flexibility index (Phi) is 3.92. The molecule has 0 bridgehead atoms. The fourth-order valence-corrected chi connectivity index (χ4v) is 3.39. The molecular formula is C18H20N4O2. The number of fused-ring (bicyclic) bond motifs is 1. The van der Waals surface area contributed by atoms with E-state index < -0.39 is 0 Å². The van der Waals surface area contributed by atoms with Gasteiger partial charge in [0.15, 0.2) is 0 Å². The molecule has 1 aliphatic heterocycles. The van der Waals surface area contributed by atoms with Gasteiger partial charge in [-0.25, -0.2) is 0 Å². The molecule has 4 rings (SSSR count). The van der Waals surface area contributed by atoms with E-state index >= 15 is 0 Å². The van der Waals surface area contributed by atoms with E-state index in [9.17, 15) is 0 Å². The molecule has 1 fully saturated rings. The van der Waals surface area contributed by atoms with Crippen molar-refractivity contribution in [1.29, 1.82) is 0 Å². The van der Waals surface area contributed by atoms with Crippen LogP contribution in [-0.4, -0.2) is 54.7 Å². The minimum absolute atomic E-state index is 0.0790. The highest BCUT2D eigenvalue weighted by Gasteiger charge is 2.33. The lowest BCUT2D eigenvalue weighted by atomic mass is 10.1. The van der Waals surface area contributed by atoms with Gasteiger partial charge < -0.3 is 14.4 Å². The third-order valence-corrected chi connectivity index (χ3v) is 4.71. The summed E-state index contributed by atoms with van der Waals surface area (Å²) in [5.74, 6) is 0. The highest BCUT2D eigenvalue weighted by molar-refractivity contribution is 5.94. The Balaban J connectivity index is 1.77. The van der Waals surface area contributed by atoms with Gasteiger partial charge in [0.2, 0.25) is 0 Å². The van der Waals surface area contributed by atoms with Crippen LogP contribution in [0.4, 0.5) is 5.69 Å². The van der Waals surface area contributed by atoms with Crippen molar-refractivity contribution in [2.45, 2.75) is 12.2 Å². The van der Waals surface area contributed by atoms with E-state index in [4.69, 9.17) is 9.47 Å². The maximum Gasteiger partial charge on any atom is 0.102 e. The average molecular weight is 324 g/mol. The van der Waals surface area contributed by atoms with E-state index in [1.165, 1.54) is 0 Å². The number of anilines is 1. The van der Waals surface area contributed by atoms with Crippen molar-refractivity contribution >= 4 is 16.6 Å². The Bertz CT molecular complexity index is 822. The molecule has 1 aliphatic rings. The molecule has 1 aromatic carbocycles. The molecule has 0 amide bonds. The third-order valence-electron chi connectivity index (χ3n) is 4.71. The summed E-state index contributed by atoms with van der Waals surface area (Å²) in [4.78, 5) is 6.81. The Morgan fingerprint density at radius 2 is 1.88 bits per heavy atom. The molecule has 0 aliphatic carbocycles. The zero-order valence-corrected chi connectivity index (χ0v) is 13.8. The first-order valence-electron chi connectivity index (χ1n) is 7.98. The van der Waals surface area contributed by atoms with Crippen LogP contribution >= 0.6 is 0 Å². The molecule has 3 aromatic rings. The van der Waals surface area contributed by atoms with Gasteiger partial charge >= 0.3 is 0 Å². The van der Waals surface area contributed by atoms with Crippen LogP contribution in [0.2, 0.25) is 0 Å². The number of aromatic amines is 1. The Morgan fingerprint density at radius 3 is 2.54 bits per heavy atom. The number of benzene rings is 1. The van der Waals surface area contributed by atoms with Crippen molar-refractivity contribution in [2.75, 3.05) is 32.2 Å². The topological polar surface area (TPSA) is 63.3 Å². The van der Waals surface area contributed by atoms with Crippen LogP contribution in [0.1, 0.15) is 0 Å². The van der Waals surface area contributed by atoms with Crippen LogP contribution in [0.15, 0.2) is 42.9 Å². The molecule has 2 unspecified atom stereocenters. The number of rotatable bonds is 4. The summed E-state index contributed by atoms with van der Waals surface area (Å²) in [6.07, 6.45) is 5.74. The van der Waals surface area contributed by atoms with E-state index in [-0.39, 0.29) is 12.2 Å². The molecule has 2 aromatic heterocycles. The quantitative estimate of drug-likeness (QED) is 0.799. The van der Waals surface area contributed by atoms with E-state index in [1.807, 2.05) is 18.6 Å². The average Bonchev–Trinajstić information content (AvgIpc) is 3.30. The fraction of sp³-hybridized carbons (Fsp3) is 0.333. The first kappa shape index (κ1) is 15.1. The zero-order valence-electron chi connectivity index (χ0n) is 13.8. The highest BCUT2D eigenvalue weighted by Crippen LogP contribution is 2.32. The maximum absolute atomic E-state index is 5.57. The largest absolute Gasteiger partial charge is 0.377 e. The molecule has 0 spiro atoms. The second-order valence-electron chi connectivity index (χ2n) is 6.00. The number of methoxy groups -OCH3 is 2. The predicted molar refractivity (Wildman–Crippen MR) is 93.1 cm³/mol. The standard InChI is InChI=1S/C18H20N4O2/c1-23-17-10-22(11-18(17)24-2)16-5-6-19-15-4-3-12(7-14(15)16)13-8-20-21-9-13/h3-9,17-18H,10-11H2,1-2H3,(H,20,21). The summed E-state index contributed by atoms with van der Waals surface area (Å²) in [6, 6.07) is 8.36. The molecule has 6 nitrogen and oxygen atoms in total. The van der Waals surface area contributed by atoms with Crippen molar-refractivity contribution in [1.82, 2.24) is 15.2 Å². The zero-order chi connectivity index (χ0) is 16.5. The van der Waals surface area contributed by atoms with Gasteiger partial charge in [-0.3, -0.25) is 10.1 Å². The lowest BCUT2D eigenvalue weighted by molar-refractivity contribution is -0.00461. The number of nitrogens with one attached hydrogen (secondary N) is 1. The van der Waals surface area contributed by atoms with Gasteiger partial charge in [-0.15, -0.1) is 0 Å². The predicted octanol–water partition coefficient (Wildman–Crippen LogP) is 2.47. The van der Waals surface area contributed by atoms with Crippen molar-refractivity contribution in [3.8, 4) is 11.1 Å². The van der Waals surface area contributed by atoms with Crippen LogP contribution in [-0.2, 0) is 9.47 Å². The van der Waals surface area contributed by atoms with E-state index in [2.05, 4.69) is 44.3 Å². The molecule has 0 radical (unpaired) electrons. The van der Waals surface area contributed by atoms with Crippen LogP contribution in [0.5, 0.6) is 0 Å². The number of ether oxygens (including phenoxy) is 2. The highest BCUT2D eigenvalue weighted by atomic mass is 16.5. The van der Waals surface area contributed by atoms with Gasteiger partial charge in [0, 0.05) is 56.3 Å². The summed E-state index contributed by atoms with van der Waals surface area (Å²) in [5.41, 5.74) is 4.33. The summed E-state index contributed by atoms with van der Waals surface area (Å²) < 4.78 is 11.1. The van der Waals surface area contributed by atoms with Crippen LogP contribution in [0, 0.1) is 0 Å². The molecular weight excluding hydrogens is 304 g/mol. The summed E-state index contributed by atoms with van der Waals surface area (Å²) in [6.45, 7) is 1.62. The van der Waals surface area contributed by atoms with E-state index in [0.717, 1.165) is 40.8 Å². The van der Waals surface area contributed by atoms with Gasteiger partial charge in [-0.2, -0.15) is 5.10 Å². The summed E-state index contributed by atoms with van der Waals surface area (Å²) >= 11 is 0. The Morgan fingerprint density at radius 1 is 1.08 bits per heavy atom. The van der Waals surface area contributed by atoms with Crippen molar-refractivity contribution in [2.24, 2.45) is 0 Å². The van der Waals surface area contributed by atoms with Crippen LogP contribution < -0.4 is 4.90 Å². The second kappa shape index (κ2) is 6.22. The Labute approximate surface area is 140 Å². The number of pyridine rings is 1. The third kappa shape index (κ3) is 2.53. The summed E-state index contributed by atoms with van der Waals surface area (Å²) in [7, 11) is 3.48. The van der Waals surface area contributed by atoms with Gasteiger partial charge in [0.1, 0.15) is 12.2 Å². The van der Waals surface area contributed by atoms with Crippen LogP contribution in [0.25, 0.3) is 22.0 Å². The molecule has 1 N–H and O–H groups in total. The van der Waals surface area contributed by atoms with Crippen molar-refractivity contribution < 1.29 is 9.47 Å². The molecule has 0 saturated carbocycles. The molecule has 3 heterocycles. The monoisotopic (exact) mass is 324 g/mol. The molecule has 6 heteroatoms. The lowest BCUT2D eigenvalue weighted by Crippen LogP contribution is -2.27. The first-order valence-corrected chi connectivity index (χ1v) is 7.98. The minimum atomic E-state index is 0.0790. The SMILES string of the molecule is COC1CN(c2ccnc3ccc(-c4cn[nH]c4)cc23)CC1OC. The van der Waals surface area contributed by atoms with Gasteiger partial charge in [0.05, 0.1) is 11.7 Å². The molecule has 24 heavy (non-hydrogen) atoms. The van der Waals surface area contributed by atoms with E-state index in [1.54, 1.807) is 14.2 Å². The molecule has 1 saturated heterocycles.